The fourth-order valence-corrected chi connectivity index (χ4v) is 3.68. The summed E-state index contributed by atoms with van der Waals surface area (Å²) >= 11 is 3.44. The van der Waals surface area contributed by atoms with Gasteiger partial charge in [-0.3, -0.25) is 9.59 Å². The Morgan fingerprint density at radius 3 is 2.43 bits per heavy atom. The zero-order chi connectivity index (χ0) is 20.4. The van der Waals surface area contributed by atoms with Crippen molar-refractivity contribution in [3.8, 4) is 5.75 Å². The van der Waals surface area contributed by atoms with Crippen LogP contribution < -0.4 is 4.74 Å². The fraction of sp³-hybridized carbons (Fsp3) is 0.273. The Bertz CT molecular complexity index is 950. The van der Waals surface area contributed by atoms with Crippen molar-refractivity contribution in [2.45, 2.75) is 26.3 Å². The number of nitrogens with zero attached hydrogens (tertiary/aromatic N) is 1. The standard InChI is InChI=1S/C22H22BrNO4/c1-4-11-24-19(14-5-8-16(28-3)9-6-14)18(21(26)22(24)27)20(25)15-7-10-17(23)13(2)12-15/h5-10,12,19,25H,4,11H2,1-3H3/b20-18-. The lowest BCUT2D eigenvalue weighted by Gasteiger charge is -2.25. The molecular weight excluding hydrogens is 422 g/mol. The highest BCUT2D eigenvalue weighted by atomic mass is 79.9. The van der Waals surface area contributed by atoms with Gasteiger partial charge in [0.2, 0.25) is 0 Å². The molecular formula is C22H22BrNO4. The first-order valence-electron chi connectivity index (χ1n) is 9.08. The summed E-state index contributed by atoms with van der Waals surface area (Å²) < 4.78 is 6.11. The zero-order valence-corrected chi connectivity index (χ0v) is 17.6. The maximum absolute atomic E-state index is 12.8. The van der Waals surface area contributed by atoms with Gasteiger partial charge < -0.3 is 14.7 Å². The van der Waals surface area contributed by atoms with E-state index in [0.717, 1.165) is 15.6 Å². The Labute approximate surface area is 172 Å². The maximum Gasteiger partial charge on any atom is 0.295 e. The van der Waals surface area contributed by atoms with Gasteiger partial charge in [-0.25, -0.2) is 0 Å². The molecule has 0 spiro atoms. The van der Waals surface area contributed by atoms with Crippen molar-refractivity contribution in [1.82, 2.24) is 4.90 Å². The summed E-state index contributed by atoms with van der Waals surface area (Å²) in [6, 6.07) is 11.9. The van der Waals surface area contributed by atoms with E-state index in [2.05, 4.69) is 15.9 Å². The molecule has 0 bridgehead atoms. The van der Waals surface area contributed by atoms with Gasteiger partial charge in [-0.2, -0.15) is 0 Å². The summed E-state index contributed by atoms with van der Waals surface area (Å²) in [5.41, 5.74) is 2.30. The minimum atomic E-state index is -0.660. The number of ketones is 1. The number of aliphatic hydroxyl groups excluding tert-OH is 1. The number of likely N-dealkylation sites (tertiary alicyclic amines) is 1. The van der Waals surface area contributed by atoms with Gasteiger partial charge in [-0.05, 0) is 48.7 Å². The summed E-state index contributed by atoms with van der Waals surface area (Å²) in [6.45, 7) is 4.28. The minimum Gasteiger partial charge on any atom is -0.507 e. The summed E-state index contributed by atoms with van der Waals surface area (Å²) in [5, 5.41) is 11.0. The lowest BCUT2D eigenvalue weighted by molar-refractivity contribution is -0.139. The Kier molecular flexibility index (Phi) is 5.89. The van der Waals surface area contributed by atoms with Crippen LogP contribution in [0.4, 0.5) is 0 Å². The summed E-state index contributed by atoms with van der Waals surface area (Å²) in [7, 11) is 1.58. The fourth-order valence-electron chi connectivity index (χ4n) is 3.43. The van der Waals surface area contributed by atoms with Gasteiger partial charge in [0.25, 0.3) is 11.7 Å². The highest BCUT2D eigenvalue weighted by molar-refractivity contribution is 9.10. The summed E-state index contributed by atoms with van der Waals surface area (Å²) in [6.07, 6.45) is 0.705. The predicted octanol–water partition coefficient (Wildman–Crippen LogP) is 4.60. The molecule has 1 atom stereocenters. The Morgan fingerprint density at radius 1 is 1.18 bits per heavy atom. The molecule has 1 fully saturated rings. The van der Waals surface area contributed by atoms with Crippen molar-refractivity contribution in [3.63, 3.8) is 0 Å². The Balaban J connectivity index is 2.17. The number of halogens is 1. The molecule has 5 nitrogen and oxygen atoms in total. The number of methoxy groups -OCH3 is 1. The highest BCUT2D eigenvalue weighted by Crippen LogP contribution is 2.40. The molecule has 3 rings (SSSR count). The quantitative estimate of drug-likeness (QED) is 0.416. The second kappa shape index (κ2) is 8.19. The SMILES string of the molecule is CCCN1C(=O)C(=O)/C(=C(\O)c2ccc(Br)c(C)c2)C1c1ccc(OC)cc1. The van der Waals surface area contributed by atoms with E-state index in [0.29, 0.717) is 24.3 Å². The molecule has 1 saturated heterocycles. The van der Waals surface area contributed by atoms with Gasteiger partial charge >= 0.3 is 0 Å². The molecule has 1 amide bonds. The molecule has 28 heavy (non-hydrogen) atoms. The highest BCUT2D eigenvalue weighted by Gasteiger charge is 2.45. The number of ether oxygens (including phenoxy) is 1. The third-order valence-electron chi connectivity index (χ3n) is 4.87. The van der Waals surface area contributed by atoms with E-state index in [-0.39, 0.29) is 11.3 Å². The van der Waals surface area contributed by atoms with Gasteiger partial charge in [0.05, 0.1) is 18.7 Å². The lowest BCUT2D eigenvalue weighted by Crippen LogP contribution is -2.30. The Hall–Kier alpha value is -2.60. The van der Waals surface area contributed by atoms with Crippen LogP contribution in [0.1, 0.15) is 36.1 Å². The molecule has 2 aromatic rings. The number of aliphatic hydroxyl groups is 1. The molecule has 1 unspecified atom stereocenters. The number of Topliss-reactive ketones (excluding diaryl/α,β-unsaturated/α-hetero) is 1. The normalized spacial score (nSPS) is 18.6. The second-order valence-electron chi connectivity index (χ2n) is 6.73. The third kappa shape index (κ3) is 3.56. The number of rotatable bonds is 5. The molecule has 0 saturated carbocycles. The van der Waals surface area contributed by atoms with Gasteiger partial charge in [-0.1, -0.05) is 41.1 Å². The van der Waals surface area contributed by atoms with Crippen molar-refractivity contribution < 1.29 is 19.4 Å². The van der Waals surface area contributed by atoms with Crippen molar-refractivity contribution in [3.05, 3.63) is 69.2 Å². The smallest absolute Gasteiger partial charge is 0.295 e. The van der Waals surface area contributed by atoms with Crippen LogP contribution in [-0.2, 0) is 9.59 Å². The first kappa shape index (κ1) is 20.1. The van der Waals surface area contributed by atoms with Gasteiger partial charge in [-0.15, -0.1) is 0 Å². The maximum atomic E-state index is 12.8. The number of amides is 1. The molecule has 1 aliphatic rings. The average Bonchev–Trinajstić information content (AvgIpc) is 2.95. The first-order chi connectivity index (χ1) is 13.4. The van der Waals surface area contributed by atoms with Crippen LogP contribution >= 0.6 is 15.9 Å². The molecule has 1 N–H and O–H groups in total. The number of benzene rings is 2. The summed E-state index contributed by atoms with van der Waals surface area (Å²) in [5.74, 6) is -0.724. The van der Waals surface area contributed by atoms with Gasteiger partial charge in [0, 0.05) is 16.6 Å². The van der Waals surface area contributed by atoms with E-state index in [1.807, 2.05) is 32.0 Å². The topological polar surface area (TPSA) is 66.8 Å². The van der Waals surface area contributed by atoms with Crippen LogP contribution in [0.3, 0.4) is 0 Å². The van der Waals surface area contributed by atoms with E-state index in [1.165, 1.54) is 4.90 Å². The number of hydrogen-bond acceptors (Lipinski definition) is 4. The van der Waals surface area contributed by atoms with Crippen LogP contribution in [0.2, 0.25) is 0 Å². The van der Waals surface area contributed by atoms with E-state index < -0.39 is 17.7 Å². The van der Waals surface area contributed by atoms with Crippen LogP contribution in [0, 0.1) is 6.92 Å². The number of carbonyl (C=O) groups excluding carboxylic acids is 2. The largest absolute Gasteiger partial charge is 0.507 e. The molecule has 0 radical (unpaired) electrons. The van der Waals surface area contributed by atoms with Crippen molar-refractivity contribution in [2.75, 3.05) is 13.7 Å². The number of aryl methyl sites for hydroxylation is 1. The average molecular weight is 444 g/mol. The number of carbonyl (C=O) groups is 2. The van der Waals surface area contributed by atoms with Crippen LogP contribution in [0.15, 0.2) is 52.5 Å². The lowest BCUT2D eigenvalue weighted by atomic mass is 9.95. The minimum absolute atomic E-state index is 0.116. The van der Waals surface area contributed by atoms with E-state index in [9.17, 15) is 14.7 Å². The van der Waals surface area contributed by atoms with Crippen molar-refractivity contribution >= 4 is 33.4 Å². The monoisotopic (exact) mass is 443 g/mol. The Morgan fingerprint density at radius 2 is 1.86 bits per heavy atom. The molecule has 146 valence electrons. The van der Waals surface area contributed by atoms with Crippen molar-refractivity contribution in [2.24, 2.45) is 0 Å². The first-order valence-corrected chi connectivity index (χ1v) is 9.87. The van der Waals surface area contributed by atoms with Crippen LogP contribution in [0.5, 0.6) is 5.75 Å². The number of hydrogen-bond donors (Lipinski definition) is 1. The van der Waals surface area contributed by atoms with E-state index >= 15 is 0 Å². The van der Waals surface area contributed by atoms with Crippen molar-refractivity contribution in [1.29, 1.82) is 0 Å². The molecule has 0 aliphatic carbocycles. The van der Waals surface area contributed by atoms with E-state index in [4.69, 9.17) is 4.74 Å². The molecule has 1 heterocycles. The van der Waals surface area contributed by atoms with Crippen LogP contribution in [0.25, 0.3) is 5.76 Å². The molecule has 1 aliphatic heterocycles. The van der Waals surface area contributed by atoms with E-state index in [1.54, 1.807) is 31.4 Å². The molecule has 6 heteroatoms. The van der Waals surface area contributed by atoms with Gasteiger partial charge in [0.1, 0.15) is 11.5 Å². The molecule has 2 aromatic carbocycles. The third-order valence-corrected chi connectivity index (χ3v) is 5.76. The molecule has 0 aromatic heterocycles. The second-order valence-corrected chi connectivity index (χ2v) is 7.58. The van der Waals surface area contributed by atoms with Gasteiger partial charge in [0.15, 0.2) is 0 Å². The zero-order valence-electron chi connectivity index (χ0n) is 16.0. The summed E-state index contributed by atoms with van der Waals surface area (Å²) in [4.78, 5) is 27.0. The van der Waals surface area contributed by atoms with Crippen LogP contribution in [-0.4, -0.2) is 35.4 Å². The predicted molar refractivity (Wildman–Crippen MR) is 111 cm³/mol.